The third kappa shape index (κ3) is 5.22. The number of aromatic hydroxyl groups is 1. The van der Waals surface area contributed by atoms with E-state index in [4.69, 9.17) is 11.6 Å². The van der Waals surface area contributed by atoms with Gasteiger partial charge >= 0.3 is 0 Å². The number of nitrogens with zero attached hydrogens (tertiary/aromatic N) is 2. The zero-order valence-corrected chi connectivity index (χ0v) is 18.4. The first kappa shape index (κ1) is 20.1. The standard InChI is InChI=1S/C18H12Br2ClN3O2S/c19-13-5-10(6-14(20)18(13)26)8-23-24-17(25)9-27-16-3-4-22-15-7-11(21)1-2-12(15)16/h1-8,26H,9H2,(H,24,25)/b23-8+. The molecule has 0 unspecified atom stereocenters. The minimum absolute atomic E-state index is 0.110. The number of hydrogen-bond donors (Lipinski definition) is 2. The average Bonchev–Trinajstić information content (AvgIpc) is 2.64. The van der Waals surface area contributed by atoms with Crippen molar-refractivity contribution in [2.75, 3.05) is 5.75 Å². The maximum absolute atomic E-state index is 12.0. The van der Waals surface area contributed by atoms with Crippen LogP contribution in [0.5, 0.6) is 5.75 Å². The molecule has 0 aliphatic rings. The number of carbonyl (C=O) groups excluding carboxylic acids is 1. The van der Waals surface area contributed by atoms with E-state index >= 15 is 0 Å². The van der Waals surface area contributed by atoms with Crippen LogP contribution in [0.15, 0.2) is 61.5 Å². The van der Waals surface area contributed by atoms with Crippen LogP contribution < -0.4 is 5.43 Å². The Balaban J connectivity index is 1.61. The molecule has 0 bridgehead atoms. The van der Waals surface area contributed by atoms with Gasteiger partial charge in [0.2, 0.25) is 5.91 Å². The van der Waals surface area contributed by atoms with Crippen LogP contribution in [0.25, 0.3) is 10.9 Å². The highest BCUT2D eigenvalue weighted by Crippen LogP contribution is 2.32. The van der Waals surface area contributed by atoms with Crippen molar-refractivity contribution in [3.63, 3.8) is 0 Å². The number of nitrogens with one attached hydrogen (secondary N) is 1. The molecule has 3 rings (SSSR count). The summed E-state index contributed by atoms with van der Waals surface area (Å²) >= 11 is 13.9. The van der Waals surface area contributed by atoms with Crippen molar-refractivity contribution < 1.29 is 9.90 Å². The van der Waals surface area contributed by atoms with Gasteiger partial charge in [-0.05, 0) is 67.8 Å². The lowest BCUT2D eigenvalue weighted by Crippen LogP contribution is -2.19. The van der Waals surface area contributed by atoms with Crippen LogP contribution in [0.1, 0.15) is 5.56 Å². The third-order valence-electron chi connectivity index (χ3n) is 3.47. The van der Waals surface area contributed by atoms with Crippen LogP contribution in [0.3, 0.4) is 0 Å². The molecular weight excluding hydrogens is 518 g/mol. The van der Waals surface area contributed by atoms with E-state index in [-0.39, 0.29) is 17.4 Å². The smallest absolute Gasteiger partial charge is 0.250 e. The number of pyridine rings is 1. The first-order chi connectivity index (χ1) is 12.9. The summed E-state index contributed by atoms with van der Waals surface area (Å²) in [5, 5.41) is 15.2. The van der Waals surface area contributed by atoms with E-state index < -0.39 is 0 Å². The van der Waals surface area contributed by atoms with Crippen LogP contribution in [0.4, 0.5) is 0 Å². The summed E-state index contributed by atoms with van der Waals surface area (Å²) in [7, 11) is 0. The molecule has 27 heavy (non-hydrogen) atoms. The maximum Gasteiger partial charge on any atom is 0.250 e. The number of halogens is 3. The summed E-state index contributed by atoms with van der Waals surface area (Å²) < 4.78 is 1.06. The lowest BCUT2D eigenvalue weighted by molar-refractivity contribution is -0.118. The van der Waals surface area contributed by atoms with E-state index in [2.05, 4.69) is 47.4 Å². The minimum Gasteiger partial charge on any atom is -0.506 e. The van der Waals surface area contributed by atoms with Crippen LogP contribution in [0.2, 0.25) is 5.02 Å². The van der Waals surface area contributed by atoms with Crippen molar-refractivity contribution >= 4 is 78.2 Å². The molecule has 0 spiro atoms. The molecule has 0 aliphatic carbocycles. The van der Waals surface area contributed by atoms with Gasteiger partial charge in [-0.25, -0.2) is 5.43 Å². The molecule has 9 heteroatoms. The zero-order valence-electron chi connectivity index (χ0n) is 13.6. The second-order valence-electron chi connectivity index (χ2n) is 5.39. The summed E-state index contributed by atoms with van der Waals surface area (Å²) in [5.74, 6) is 0.0905. The van der Waals surface area contributed by atoms with Crippen LogP contribution >= 0.6 is 55.2 Å². The topological polar surface area (TPSA) is 74.6 Å². The Morgan fingerprint density at radius 1 is 1.26 bits per heavy atom. The fraction of sp³-hybridized carbons (Fsp3) is 0.0556. The average molecular weight is 530 g/mol. The van der Waals surface area contributed by atoms with Gasteiger partial charge < -0.3 is 5.11 Å². The van der Waals surface area contributed by atoms with Crippen LogP contribution in [-0.4, -0.2) is 28.0 Å². The Labute approximate surface area is 181 Å². The quantitative estimate of drug-likeness (QED) is 0.265. The van der Waals surface area contributed by atoms with Gasteiger partial charge in [0.25, 0.3) is 0 Å². The summed E-state index contributed by atoms with van der Waals surface area (Å²) in [6.45, 7) is 0. The van der Waals surface area contributed by atoms with Gasteiger partial charge in [0.15, 0.2) is 0 Å². The molecular formula is C18H12Br2ClN3O2S. The normalized spacial score (nSPS) is 11.2. The van der Waals surface area contributed by atoms with E-state index in [1.165, 1.54) is 18.0 Å². The number of aromatic nitrogens is 1. The van der Waals surface area contributed by atoms with Gasteiger partial charge in [0.05, 0.1) is 26.4 Å². The van der Waals surface area contributed by atoms with E-state index in [1.807, 2.05) is 12.1 Å². The Morgan fingerprint density at radius 3 is 2.74 bits per heavy atom. The molecule has 0 saturated carbocycles. The number of phenols is 1. The highest BCUT2D eigenvalue weighted by atomic mass is 79.9. The molecule has 0 atom stereocenters. The van der Waals surface area contributed by atoms with Crippen molar-refractivity contribution in [3.8, 4) is 5.75 Å². The van der Waals surface area contributed by atoms with E-state index in [0.717, 1.165) is 21.4 Å². The Hall–Kier alpha value is -1.61. The van der Waals surface area contributed by atoms with Gasteiger partial charge in [-0.2, -0.15) is 5.10 Å². The van der Waals surface area contributed by atoms with E-state index in [0.29, 0.717) is 14.0 Å². The van der Waals surface area contributed by atoms with Crippen molar-refractivity contribution in [3.05, 3.63) is 62.1 Å². The molecule has 1 amide bonds. The number of phenolic OH excluding ortho intramolecular Hbond substituents is 1. The summed E-state index contributed by atoms with van der Waals surface area (Å²) in [5.41, 5.74) is 4.00. The lowest BCUT2D eigenvalue weighted by Gasteiger charge is -2.05. The molecule has 0 saturated heterocycles. The van der Waals surface area contributed by atoms with Gasteiger partial charge in [-0.1, -0.05) is 17.7 Å². The SMILES string of the molecule is O=C(CSc1ccnc2cc(Cl)ccc12)N/N=C/c1cc(Br)c(O)c(Br)c1. The summed E-state index contributed by atoms with van der Waals surface area (Å²) in [6.07, 6.45) is 3.19. The number of hydrogen-bond acceptors (Lipinski definition) is 5. The van der Waals surface area contributed by atoms with Gasteiger partial charge in [0, 0.05) is 21.5 Å². The molecule has 0 radical (unpaired) electrons. The number of carbonyl (C=O) groups is 1. The largest absolute Gasteiger partial charge is 0.506 e. The highest BCUT2D eigenvalue weighted by molar-refractivity contribution is 9.11. The van der Waals surface area contributed by atoms with Crippen molar-refractivity contribution in [2.45, 2.75) is 4.90 Å². The molecule has 2 aromatic carbocycles. The van der Waals surface area contributed by atoms with Gasteiger partial charge in [-0.3, -0.25) is 9.78 Å². The third-order valence-corrected chi connectivity index (χ3v) is 5.98. The molecule has 0 fully saturated rings. The predicted octanol–water partition coefficient (Wildman–Crippen LogP) is 5.36. The second kappa shape index (κ2) is 9.05. The van der Waals surface area contributed by atoms with Crippen molar-refractivity contribution in [1.82, 2.24) is 10.4 Å². The zero-order chi connectivity index (χ0) is 19.4. The summed E-state index contributed by atoms with van der Waals surface area (Å²) in [4.78, 5) is 17.3. The Bertz CT molecular complexity index is 1020. The minimum atomic E-state index is -0.230. The molecule has 3 aromatic rings. The fourth-order valence-electron chi connectivity index (χ4n) is 2.23. The van der Waals surface area contributed by atoms with E-state index in [1.54, 1.807) is 30.5 Å². The predicted molar refractivity (Wildman–Crippen MR) is 117 cm³/mol. The molecule has 5 nitrogen and oxygen atoms in total. The number of rotatable bonds is 5. The first-order valence-electron chi connectivity index (χ1n) is 7.61. The van der Waals surface area contributed by atoms with E-state index in [9.17, 15) is 9.90 Å². The monoisotopic (exact) mass is 527 g/mol. The fourth-order valence-corrected chi connectivity index (χ4v) is 4.46. The summed E-state index contributed by atoms with van der Waals surface area (Å²) in [6, 6.07) is 10.7. The number of fused-ring (bicyclic) bond motifs is 1. The van der Waals surface area contributed by atoms with Crippen molar-refractivity contribution in [2.24, 2.45) is 5.10 Å². The molecule has 2 N–H and O–H groups in total. The number of amides is 1. The Kier molecular flexibility index (Phi) is 6.75. The highest BCUT2D eigenvalue weighted by Gasteiger charge is 2.07. The lowest BCUT2D eigenvalue weighted by atomic mass is 10.2. The number of benzene rings is 2. The molecule has 1 heterocycles. The van der Waals surface area contributed by atoms with Crippen LogP contribution in [0, 0.1) is 0 Å². The Morgan fingerprint density at radius 2 is 2.00 bits per heavy atom. The number of thioether (sulfide) groups is 1. The molecule has 0 aliphatic heterocycles. The first-order valence-corrected chi connectivity index (χ1v) is 10.6. The molecule has 1 aromatic heterocycles. The van der Waals surface area contributed by atoms with Gasteiger partial charge in [-0.15, -0.1) is 11.8 Å². The molecule has 138 valence electrons. The second-order valence-corrected chi connectivity index (χ2v) is 8.55. The van der Waals surface area contributed by atoms with Crippen molar-refractivity contribution in [1.29, 1.82) is 0 Å². The van der Waals surface area contributed by atoms with Gasteiger partial charge in [0.1, 0.15) is 5.75 Å². The van der Waals surface area contributed by atoms with Crippen LogP contribution in [-0.2, 0) is 4.79 Å². The number of hydrazone groups is 1. The maximum atomic E-state index is 12.0.